The van der Waals surface area contributed by atoms with E-state index in [1.165, 1.54) is 10.6 Å². The summed E-state index contributed by atoms with van der Waals surface area (Å²) in [6.07, 6.45) is 4.95. The minimum Gasteiger partial charge on any atom is -0.458 e. The molecular formula is C17H16N2O3. The van der Waals surface area contributed by atoms with E-state index < -0.39 is 5.60 Å². The maximum atomic E-state index is 11.4. The summed E-state index contributed by atoms with van der Waals surface area (Å²) in [6, 6.07) is 10.2. The van der Waals surface area contributed by atoms with Crippen LogP contribution < -0.4 is 5.56 Å². The van der Waals surface area contributed by atoms with Crippen LogP contribution in [0.15, 0.2) is 64.2 Å². The summed E-state index contributed by atoms with van der Waals surface area (Å²) in [5.74, 6) is 1.03. The lowest BCUT2D eigenvalue weighted by Crippen LogP contribution is -2.21. The highest BCUT2D eigenvalue weighted by Crippen LogP contribution is 2.32. The van der Waals surface area contributed by atoms with E-state index in [9.17, 15) is 9.90 Å². The molecule has 0 aliphatic carbocycles. The molecule has 0 aromatic carbocycles. The van der Waals surface area contributed by atoms with Gasteiger partial charge in [0.15, 0.2) is 0 Å². The minimum atomic E-state index is -1.25. The second-order valence-corrected chi connectivity index (χ2v) is 5.34. The quantitative estimate of drug-likeness (QED) is 0.805. The molecule has 5 heteroatoms. The molecule has 0 radical (unpaired) electrons. The van der Waals surface area contributed by atoms with Crippen LogP contribution in [0.25, 0.3) is 11.3 Å². The van der Waals surface area contributed by atoms with Gasteiger partial charge in [0.2, 0.25) is 5.56 Å². The van der Waals surface area contributed by atoms with Crippen molar-refractivity contribution in [2.45, 2.75) is 12.5 Å². The Labute approximate surface area is 127 Å². The van der Waals surface area contributed by atoms with E-state index in [0.717, 1.165) is 5.56 Å². The van der Waals surface area contributed by atoms with E-state index in [2.05, 4.69) is 4.98 Å². The van der Waals surface area contributed by atoms with Crippen molar-refractivity contribution in [2.75, 3.05) is 0 Å². The Morgan fingerprint density at radius 3 is 2.55 bits per heavy atom. The highest BCUT2D eigenvalue weighted by atomic mass is 16.4. The molecule has 0 bridgehead atoms. The molecule has 3 rings (SSSR count). The average Bonchev–Trinajstić information content (AvgIpc) is 3.01. The van der Waals surface area contributed by atoms with Gasteiger partial charge in [-0.1, -0.05) is 0 Å². The van der Waals surface area contributed by atoms with Crippen molar-refractivity contribution in [2.24, 2.45) is 7.05 Å². The lowest BCUT2D eigenvalue weighted by molar-refractivity contribution is 0.0774. The fraction of sp³-hybridized carbons (Fsp3) is 0.176. The van der Waals surface area contributed by atoms with Gasteiger partial charge in [0.25, 0.3) is 0 Å². The van der Waals surface area contributed by atoms with Gasteiger partial charge in [-0.2, -0.15) is 0 Å². The van der Waals surface area contributed by atoms with E-state index in [1.54, 1.807) is 62.9 Å². The molecule has 0 saturated carbocycles. The molecule has 1 N–H and O–H groups in total. The first-order chi connectivity index (χ1) is 10.5. The number of nitrogens with zero attached hydrogens (tertiary/aromatic N) is 2. The Morgan fingerprint density at radius 1 is 1.14 bits per heavy atom. The van der Waals surface area contributed by atoms with Crippen molar-refractivity contribution < 1.29 is 9.52 Å². The third-order valence-electron chi connectivity index (χ3n) is 3.70. The molecule has 112 valence electrons. The number of aliphatic hydroxyl groups is 1. The van der Waals surface area contributed by atoms with Crippen LogP contribution >= 0.6 is 0 Å². The predicted molar refractivity (Wildman–Crippen MR) is 82.3 cm³/mol. The predicted octanol–water partition coefficient (Wildman–Crippen LogP) is 2.30. The molecule has 1 atom stereocenters. The highest BCUT2D eigenvalue weighted by molar-refractivity contribution is 5.56. The lowest BCUT2D eigenvalue weighted by Gasteiger charge is -2.21. The van der Waals surface area contributed by atoms with Crippen molar-refractivity contribution in [3.63, 3.8) is 0 Å². The maximum absolute atomic E-state index is 11.4. The Balaban J connectivity index is 2.00. The zero-order chi connectivity index (χ0) is 15.7. The van der Waals surface area contributed by atoms with E-state index in [1.807, 2.05) is 0 Å². The summed E-state index contributed by atoms with van der Waals surface area (Å²) in [5, 5.41) is 10.7. The summed E-state index contributed by atoms with van der Waals surface area (Å²) >= 11 is 0. The SMILES string of the molecule is Cn1cc(-c2ccc(C(C)(O)c3ccncc3)o2)ccc1=O. The Hall–Kier alpha value is -2.66. The molecule has 0 aliphatic rings. The van der Waals surface area contributed by atoms with Gasteiger partial charge in [0.05, 0.1) is 0 Å². The highest BCUT2D eigenvalue weighted by Gasteiger charge is 2.29. The van der Waals surface area contributed by atoms with Crippen molar-refractivity contribution >= 4 is 0 Å². The van der Waals surface area contributed by atoms with Crippen molar-refractivity contribution in [3.8, 4) is 11.3 Å². The minimum absolute atomic E-state index is 0.0840. The maximum Gasteiger partial charge on any atom is 0.250 e. The number of aryl methyl sites for hydroxylation is 1. The Bertz CT molecular complexity index is 848. The fourth-order valence-corrected chi connectivity index (χ4v) is 2.31. The van der Waals surface area contributed by atoms with E-state index >= 15 is 0 Å². The molecule has 5 nitrogen and oxygen atoms in total. The standard InChI is InChI=1S/C17H16N2O3/c1-17(21,13-7-9-18-10-8-13)15-5-4-14(22-15)12-3-6-16(20)19(2)11-12/h3-11,21H,1-2H3. The number of hydrogen-bond acceptors (Lipinski definition) is 4. The number of pyridine rings is 2. The summed E-state index contributed by atoms with van der Waals surface area (Å²) in [5.41, 5.74) is 0.143. The van der Waals surface area contributed by atoms with Crippen LogP contribution in [0.4, 0.5) is 0 Å². The van der Waals surface area contributed by atoms with Gasteiger partial charge in [-0.3, -0.25) is 9.78 Å². The average molecular weight is 296 g/mol. The van der Waals surface area contributed by atoms with Gasteiger partial charge >= 0.3 is 0 Å². The van der Waals surface area contributed by atoms with E-state index in [0.29, 0.717) is 17.1 Å². The summed E-state index contributed by atoms with van der Waals surface area (Å²) in [6.45, 7) is 1.67. The topological polar surface area (TPSA) is 68.3 Å². The molecule has 3 aromatic rings. The van der Waals surface area contributed by atoms with Crippen molar-refractivity contribution in [1.82, 2.24) is 9.55 Å². The second-order valence-electron chi connectivity index (χ2n) is 5.34. The number of rotatable bonds is 3. The van der Waals surface area contributed by atoms with E-state index in [-0.39, 0.29) is 5.56 Å². The monoisotopic (exact) mass is 296 g/mol. The van der Waals surface area contributed by atoms with Crippen LogP contribution in [0, 0.1) is 0 Å². The number of furan rings is 1. The van der Waals surface area contributed by atoms with Gasteiger partial charge in [-0.05, 0) is 42.8 Å². The molecule has 0 amide bonds. The zero-order valence-corrected chi connectivity index (χ0v) is 12.4. The molecule has 0 fully saturated rings. The van der Waals surface area contributed by atoms with Crippen LogP contribution in [-0.4, -0.2) is 14.7 Å². The van der Waals surface area contributed by atoms with Crippen molar-refractivity contribution in [3.05, 3.63) is 76.7 Å². The van der Waals surface area contributed by atoms with Gasteiger partial charge in [0.1, 0.15) is 17.1 Å². The molecule has 3 aromatic heterocycles. The Morgan fingerprint density at radius 2 is 1.86 bits per heavy atom. The van der Waals surface area contributed by atoms with Gasteiger partial charge in [-0.25, -0.2) is 0 Å². The van der Waals surface area contributed by atoms with Crippen LogP contribution in [0.3, 0.4) is 0 Å². The van der Waals surface area contributed by atoms with Crippen LogP contribution in [0.1, 0.15) is 18.2 Å². The van der Waals surface area contributed by atoms with Gasteiger partial charge in [0, 0.05) is 37.3 Å². The number of aromatic nitrogens is 2. The van der Waals surface area contributed by atoms with Crippen molar-refractivity contribution in [1.29, 1.82) is 0 Å². The smallest absolute Gasteiger partial charge is 0.250 e. The lowest BCUT2D eigenvalue weighted by atomic mass is 9.94. The third kappa shape index (κ3) is 2.46. The molecule has 0 saturated heterocycles. The fourth-order valence-electron chi connectivity index (χ4n) is 2.31. The first-order valence-corrected chi connectivity index (χ1v) is 6.89. The van der Waals surface area contributed by atoms with Crippen LogP contribution in [-0.2, 0) is 12.6 Å². The first-order valence-electron chi connectivity index (χ1n) is 6.89. The van der Waals surface area contributed by atoms with Gasteiger partial charge in [-0.15, -0.1) is 0 Å². The molecule has 3 heterocycles. The molecule has 0 spiro atoms. The second kappa shape index (κ2) is 5.27. The molecular weight excluding hydrogens is 280 g/mol. The van der Waals surface area contributed by atoms with Crippen LogP contribution in [0.5, 0.6) is 0 Å². The normalized spacial score (nSPS) is 13.8. The van der Waals surface area contributed by atoms with Crippen LogP contribution in [0.2, 0.25) is 0 Å². The van der Waals surface area contributed by atoms with Gasteiger partial charge < -0.3 is 14.1 Å². The number of hydrogen-bond donors (Lipinski definition) is 1. The molecule has 0 aliphatic heterocycles. The molecule has 1 unspecified atom stereocenters. The largest absolute Gasteiger partial charge is 0.458 e. The molecule has 22 heavy (non-hydrogen) atoms. The summed E-state index contributed by atoms with van der Waals surface area (Å²) in [4.78, 5) is 15.4. The summed E-state index contributed by atoms with van der Waals surface area (Å²) in [7, 11) is 1.68. The van der Waals surface area contributed by atoms with E-state index in [4.69, 9.17) is 4.42 Å². The summed E-state index contributed by atoms with van der Waals surface area (Å²) < 4.78 is 7.28. The third-order valence-corrected chi connectivity index (χ3v) is 3.70. The first kappa shape index (κ1) is 14.3. The zero-order valence-electron chi connectivity index (χ0n) is 12.4. The Kier molecular flexibility index (Phi) is 3.42.